The van der Waals surface area contributed by atoms with Crippen LogP contribution in [0.5, 0.6) is 0 Å². The molecular formula is C33H36N2O. The fourth-order valence-corrected chi connectivity index (χ4v) is 6.68. The fraction of sp³-hybridized carbons (Fsp3) is 0.394. The minimum Gasteiger partial charge on any atom is -0.299 e. The Hall–Kier alpha value is -3.20. The summed E-state index contributed by atoms with van der Waals surface area (Å²) in [6.45, 7) is 7.05. The van der Waals surface area contributed by atoms with E-state index in [1.165, 1.54) is 47.9 Å². The molecule has 36 heavy (non-hydrogen) atoms. The molecule has 2 aromatic heterocycles. The van der Waals surface area contributed by atoms with Crippen LogP contribution in [0.25, 0.3) is 16.9 Å². The second-order valence-electron chi connectivity index (χ2n) is 11.4. The third-order valence-electron chi connectivity index (χ3n) is 8.84. The lowest BCUT2D eigenvalue weighted by Crippen LogP contribution is -2.18. The van der Waals surface area contributed by atoms with Crippen molar-refractivity contribution in [1.82, 2.24) is 9.38 Å². The van der Waals surface area contributed by atoms with E-state index in [0.717, 1.165) is 53.1 Å². The highest BCUT2D eigenvalue weighted by molar-refractivity contribution is 6.00. The third kappa shape index (κ3) is 4.19. The molecule has 0 N–H and O–H groups in total. The zero-order chi connectivity index (χ0) is 24.8. The maximum Gasteiger partial charge on any atom is 0.163 e. The highest BCUT2D eigenvalue weighted by Gasteiger charge is 2.25. The number of aryl methyl sites for hydroxylation is 2. The van der Waals surface area contributed by atoms with Gasteiger partial charge in [0.25, 0.3) is 0 Å². The normalized spacial score (nSPS) is 19.8. The van der Waals surface area contributed by atoms with Crippen LogP contribution in [0, 0.1) is 18.8 Å². The van der Waals surface area contributed by atoms with Crippen molar-refractivity contribution in [1.29, 1.82) is 0 Å². The number of carbonyl (C=O) groups is 1. The van der Waals surface area contributed by atoms with Crippen LogP contribution in [0.2, 0.25) is 0 Å². The zero-order valence-electron chi connectivity index (χ0n) is 21.8. The Morgan fingerprint density at radius 1 is 0.972 bits per heavy atom. The molecule has 184 valence electrons. The first-order valence-corrected chi connectivity index (χ1v) is 13.7. The van der Waals surface area contributed by atoms with Crippen LogP contribution in [-0.2, 0) is 12.8 Å². The van der Waals surface area contributed by atoms with Gasteiger partial charge in [-0.2, -0.15) is 0 Å². The molecule has 6 rings (SSSR count). The van der Waals surface area contributed by atoms with Gasteiger partial charge in [0.15, 0.2) is 5.78 Å². The molecule has 1 saturated carbocycles. The number of aromatic nitrogens is 2. The first-order valence-electron chi connectivity index (χ1n) is 13.7. The van der Waals surface area contributed by atoms with Gasteiger partial charge in [-0.15, -0.1) is 0 Å². The van der Waals surface area contributed by atoms with Gasteiger partial charge in [-0.05, 0) is 102 Å². The molecule has 3 heteroatoms. The quantitative estimate of drug-likeness (QED) is 0.293. The Bertz CT molecular complexity index is 1440. The van der Waals surface area contributed by atoms with Gasteiger partial charge in [0, 0.05) is 30.8 Å². The van der Waals surface area contributed by atoms with Gasteiger partial charge in [-0.1, -0.05) is 50.2 Å². The summed E-state index contributed by atoms with van der Waals surface area (Å²) in [5.74, 6) is 2.70. The van der Waals surface area contributed by atoms with Gasteiger partial charge in [-0.25, -0.2) is 4.98 Å². The maximum atomic E-state index is 12.1. The molecule has 0 bridgehead atoms. The molecule has 0 unspecified atom stereocenters. The first-order chi connectivity index (χ1) is 17.5. The van der Waals surface area contributed by atoms with Crippen LogP contribution in [0.1, 0.15) is 90.0 Å². The Kier molecular flexibility index (Phi) is 6.03. The van der Waals surface area contributed by atoms with Crippen molar-refractivity contribution in [3.05, 3.63) is 94.3 Å². The van der Waals surface area contributed by atoms with Crippen LogP contribution in [0.15, 0.2) is 60.9 Å². The van der Waals surface area contributed by atoms with Crippen molar-refractivity contribution in [3.8, 4) is 11.3 Å². The molecule has 0 spiro atoms. The molecule has 0 atom stereocenters. The number of Topliss-reactive ketones (excluding diaryl/α,β-unsaturated/α-hetero) is 1. The van der Waals surface area contributed by atoms with Crippen molar-refractivity contribution in [2.45, 2.75) is 71.6 Å². The van der Waals surface area contributed by atoms with E-state index in [4.69, 9.17) is 4.98 Å². The SMILES string of the molecule is Cc1cc(Cc2ccc(-c3ccc4c(c3)CCC4=O)n3ccnc23)ccc1C1CCC(C(C)C)CC1. The van der Waals surface area contributed by atoms with E-state index in [0.29, 0.717) is 6.42 Å². The third-order valence-corrected chi connectivity index (χ3v) is 8.84. The Morgan fingerprint density at radius 3 is 2.58 bits per heavy atom. The van der Waals surface area contributed by atoms with Crippen LogP contribution in [-0.4, -0.2) is 15.2 Å². The van der Waals surface area contributed by atoms with Gasteiger partial charge in [0.2, 0.25) is 0 Å². The number of fused-ring (bicyclic) bond motifs is 2. The number of hydrogen-bond acceptors (Lipinski definition) is 2. The van der Waals surface area contributed by atoms with Gasteiger partial charge in [0.1, 0.15) is 5.65 Å². The second-order valence-corrected chi connectivity index (χ2v) is 11.4. The molecular weight excluding hydrogens is 440 g/mol. The van der Waals surface area contributed by atoms with E-state index >= 15 is 0 Å². The minimum absolute atomic E-state index is 0.268. The lowest BCUT2D eigenvalue weighted by molar-refractivity contribution is 0.0994. The minimum atomic E-state index is 0.268. The summed E-state index contributed by atoms with van der Waals surface area (Å²) in [5.41, 5.74) is 10.9. The highest BCUT2D eigenvalue weighted by atomic mass is 16.1. The van der Waals surface area contributed by atoms with Crippen molar-refractivity contribution in [2.75, 3.05) is 0 Å². The predicted octanol–water partition coefficient (Wildman–Crippen LogP) is 7.96. The van der Waals surface area contributed by atoms with Gasteiger partial charge < -0.3 is 0 Å². The first kappa shape index (κ1) is 23.2. The molecule has 2 aliphatic rings. The molecule has 1 fully saturated rings. The van der Waals surface area contributed by atoms with Gasteiger partial charge in [0.05, 0.1) is 5.69 Å². The maximum absolute atomic E-state index is 12.1. The topological polar surface area (TPSA) is 34.4 Å². The molecule has 0 aliphatic heterocycles. The van der Waals surface area contributed by atoms with E-state index in [-0.39, 0.29) is 5.78 Å². The average Bonchev–Trinajstić information content (AvgIpc) is 3.52. The predicted molar refractivity (Wildman–Crippen MR) is 147 cm³/mol. The summed E-state index contributed by atoms with van der Waals surface area (Å²) in [4.78, 5) is 16.8. The molecule has 2 aromatic carbocycles. The van der Waals surface area contributed by atoms with E-state index < -0.39 is 0 Å². The molecule has 0 saturated heterocycles. The Morgan fingerprint density at radius 2 is 1.81 bits per heavy atom. The lowest BCUT2D eigenvalue weighted by Gasteiger charge is -2.32. The van der Waals surface area contributed by atoms with Crippen LogP contribution in [0.3, 0.4) is 0 Å². The number of benzene rings is 2. The summed E-state index contributed by atoms with van der Waals surface area (Å²) >= 11 is 0. The van der Waals surface area contributed by atoms with E-state index in [2.05, 4.69) is 67.6 Å². The van der Waals surface area contributed by atoms with Gasteiger partial charge >= 0.3 is 0 Å². The lowest BCUT2D eigenvalue weighted by atomic mass is 9.74. The Labute approximate surface area is 214 Å². The number of ketones is 1. The van der Waals surface area contributed by atoms with E-state index in [1.54, 1.807) is 5.56 Å². The molecule has 2 heterocycles. The van der Waals surface area contributed by atoms with Crippen LogP contribution < -0.4 is 0 Å². The summed E-state index contributed by atoms with van der Waals surface area (Å²) in [5, 5.41) is 0. The van der Waals surface area contributed by atoms with Crippen molar-refractivity contribution in [2.24, 2.45) is 11.8 Å². The highest BCUT2D eigenvalue weighted by Crippen LogP contribution is 2.40. The van der Waals surface area contributed by atoms with E-state index in [1.807, 2.05) is 18.5 Å². The van der Waals surface area contributed by atoms with E-state index in [9.17, 15) is 4.79 Å². The smallest absolute Gasteiger partial charge is 0.163 e. The second kappa shape index (κ2) is 9.35. The Balaban J connectivity index is 1.24. The largest absolute Gasteiger partial charge is 0.299 e. The number of rotatable bonds is 5. The number of nitrogens with zero attached hydrogens (tertiary/aromatic N) is 2. The number of carbonyl (C=O) groups excluding carboxylic acids is 1. The van der Waals surface area contributed by atoms with Crippen LogP contribution in [0.4, 0.5) is 0 Å². The molecule has 2 aliphatic carbocycles. The molecule has 0 radical (unpaired) electrons. The zero-order valence-corrected chi connectivity index (χ0v) is 21.8. The van der Waals surface area contributed by atoms with Crippen LogP contribution >= 0.6 is 0 Å². The monoisotopic (exact) mass is 476 g/mol. The molecule has 0 amide bonds. The fourth-order valence-electron chi connectivity index (χ4n) is 6.68. The summed E-state index contributed by atoms with van der Waals surface area (Å²) in [6, 6.07) is 17.8. The summed E-state index contributed by atoms with van der Waals surface area (Å²) < 4.78 is 2.20. The number of pyridine rings is 1. The molecule has 3 nitrogen and oxygen atoms in total. The summed E-state index contributed by atoms with van der Waals surface area (Å²) in [7, 11) is 0. The van der Waals surface area contributed by atoms with Crippen molar-refractivity contribution < 1.29 is 4.79 Å². The van der Waals surface area contributed by atoms with Crippen molar-refractivity contribution in [3.63, 3.8) is 0 Å². The van der Waals surface area contributed by atoms with Crippen molar-refractivity contribution >= 4 is 11.4 Å². The number of hydrogen-bond donors (Lipinski definition) is 0. The number of imidazole rings is 1. The summed E-state index contributed by atoms with van der Waals surface area (Å²) in [6.07, 6.45) is 11.7. The average molecular weight is 477 g/mol. The van der Waals surface area contributed by atoms with Gasteiger partial charge in [-0.3, -0.25) is 9.20 Å². The molecule has 4 aromatic rings. The standard InChI is InChI=1S/C33H36N2O/c1-21(2)24-5-7-25(8-6-24)29-12-4-23(18-22(29)3)19-28-10-14-31(35-17-16-34-33(28)35)27-9-13-30-26(20-27)11-15-32(30)36/h4,9-10,12-14,16-18,20-21,24-25H,5-8,11,15,19H2,1-3H3.